The Morgan fingerprint density at radius 2 is 2.10 bits per heavy atom. The van der Waals surface area contributed by atoms with E-state index in [0.29, 0.717) is 33.3 Å². The normalized spacial score (nSPS) is 10.9. The molecule has 0 aliphatic carbocycles. The number of nitrogens with two attached hydrogens (primary N) is 1. The van der Waals surface area contributed by atoms with Crippen LogP contribution >= 0.6 is 11.6 Å². The van der Waals surface area contributed by atoms with Crippen molar-refractivity contribution in [2.24, 2.45) is 0 Å². The zero-order chi connectivity index (χ0) is 14.3. The van der Waals surface area contributed by atoms with Crippen LogP contribution in [0.2, 0.25) is 5.02 Å². The van der Waals surface area contributed by atoms with Gasteiger partial charge in [0.15, 0.2) is 17.1 Å². The highest BCUT2D eigenvalue weighted by Gasteiger charge is 2.12. The van der Waals surface area contributed by atoms with Gasteiger partial charge in [-0.3, -0.25) is 0 Å². The number of oxazole rings is 1. The molecule has 0 aliphatic rings. The number of hydrogen-bond donors (Lipinski definition) is 1. The SMILES string of the molecule is COc1cc(-c2nc3cc(Cl)c(N)cc3o2)ccc1F. The van der Waals surface area contributed by atoms with Gasteiger partial charge in [-0.25, -0.2) is 9.37 Å². The molecule has 4 nitrogen and oxygen atoms in total. The highest BCUT2D eigenvalue weighted by molar-refractivity contribution is 6.33. The third kappa shape index (κ3) is 2.06. The molecule has 1 heterocycles. The van der Waals surface area contributed by atoms with Crippen LogP contribution in [0.15, 0.2) is 34.7 Å². The second-order valence-electron chi connectivity index (χ2n) is 4.21. The van der Waals surface area contributed by atoms with Gasteiger partial charge in [0.1, 0.15) is 5.52 Å². The summed E-state index contributed by atoms with van der Waals surface area (Å²) in [4.78, 5) is 4.31. The van der Waals surface area contributed by atoms with E-state index in [2.05, 4.69) is 4.98 Å². The fraction of sp³-hybridized carbons (Fsp3) is 0.0714. The van der Waals surface area contributed by atoms with Gasteiger partial charge in [-0.15, -0.1) is 0 Å². The molecule has 6 heteroatoms. The van der Waals surface area contributed by atoms with E-state index < -0.39 is 5.82 Å². The number of nitrogens with zero attached hydrogens (tertiary/aromatic N) is 1. The van der Waals surface area contributed by atoms with Crippen LogP contribution in [-0.2, 0) is 0 Å². The van der Waals surface area contributed by atoms with Crippen LogP contribution in [0, 0.1) is 5.82 Å². The van der Waals surface area contributed by atoms with Gasteiger partial charge < -0.3 is 14.9 Å². The van der Waals surface area contributed by atoms with E-state index in [9.17, 15) is 4.39 Å². The molecule has 3 rings (SSSR count). The molecule has 2 N–H and O–H groups in total. The molecule has 0 fully saturated rings. The lowest BCUT2D eigenvalue weighted by Crippen LogP contribution is -1.88. The fourth-order valence-corrected chi connectivity index (χ4v) is 2.04. The van der Waals surface area contributed by atoms with Crippen molar-refractivity contribution in [1.29, 1.82) is 0 Å². The van der Waals surface area contributed by atoms with Crippen molar-refractivity contribution in [3.05, 3.63) is 41.2 Å². The van der Waals surface area contributed by atoms with Crippen LogP contribution in [-0.4, -0.2) is 12.1 Å². The molecule has 0 aliphatic heterocycles. The van der Waals surface area contributed by atoms with E-state index in [1.807, 2.05) is 0 Å². The molecule has 0 spiro atoms. The molecule has 0 bridgehead atoms. The minimum Gasteiger partial charge on any atom is -0.494 e. The molecule has 102 valence electrons. The van der Waals surface area contributed by atoms with E-state index in [4.69, 9.17) is 26.5 Å². The van der Waals surface area contributed by atoms with Gasteiger partial charge in [0.2, 0.25) is 5.89 Å². The largest absolute Gasteiger partial charge is 0.494 e. The monoisotopic (exact) mass is 292 g/mol. The maximum atomic E-state index is 13.4. The van der Waals surface area contributed by atoms with Gasteiger partial charge in [-0.1, -0.05) is 11.6 Å². The number of fused-ring (bicyclic) bond motifs is 1. The lowest BCUT2D eigenvalue weighted by atomic mass is 10.2. The van der Waals surface area contributed by atoms with Crippen LogP contribution in [0.25, 0.3) is 22.6 Å². The Bertz CT molecular complexity index is 762. The quantitative estimate of drug-likeness (QED) is 0.728. The Kier molecular flexibility index (Phi) is 2.99. The fourth-order valence-electron chi connectivity index (χ4n) is 1.88. The second kappa shape index (κ2) is 4.68. The number of halogens is 2. The lowest BCUT2D eigenvalue weighted by Gasteiger charge is -2.02. The predicted octanol–water partition coefficient (Wildman–Crippen LogP) is 3.88. The Morgan fingerprint density at radius 1 is 1.30 bits per heavy atom. The molecule has 1 aromatic heterocycles. The van der Waals surface area contributed by atoms with Crippen molar-refractivity contribution < 1.29 is 13.5 Å². The first-order valence-corrected chi connectivity index (χ1v) is 6.16. The van der Waals surface area contributed by atoms with Crippen molar-refractivity contribution in [2.45, 2.75) is 0 Å². The first-order valence-electron chi connectivity index (χ1n) is 5.78. The van der Waals surface area contributed by atoms with Crippen LogP contribution < -0.4 is 10.5 Å². The Labute approximate surface area is 118 Å². The first-order chi connectivity index (χ1) is 9.58. The zero-order valence-electron chi connectivity index (χ0n) is 10.5. The Hall–Kier alpha value is -2.27. The molecule has 0 atom stereocenters. The number of methoxy groups -OCH3 is 1. The molecule has 20 heavy (non-hydrogen) atoms. The molecule has 0 unspecified atom stereocenters. The summed E-state index contributed by atoms with van der Waals surface area (Å²) >= 11 is 5.94. The zero-order valence-corrected chi connectivity index (χ0v) is 11.2. The predicted molar refractivity (Wildman–Crippen MR) is 75.4 cm³/mol. The first kappa shape index (κ1) is 12.7. The van der Waals surface area contributed by atoms with Gasteiger partial charge in [0.25, 0.3) is 0 Å². The van der Waals surface area contributed by atoms with Crippen LogP contribution in [0.3, 0.4) is 0 Å². The summed E-state index contributed by atoms with van der Waals surface area (Å²) in [7, 11) is 1.40. The van der Waals surface area contributed by atoms with Gasteiger partial charge in [0, 0.05) is 11.6 Å². The molecular weight excluding hydrogens is 283 g/mol. The number of benzene rings is 2. The van der Waals surface area contributed by atoms with Gasteiger partial charge in [0.05, 0.1) is 17.8 Å². The summed E-state index contributed by atoms with van der Waals surface area (Å²) in [6, 6.07) is 7.61. The lowest BCUT2D eigenvalue weighted by molar-refractivity contribution is 0.386. The average Bonchev–Trinajstić information content (AvgIpc) is 2.82. The topological polar surface area (TPSA) is 61.3 Å². The van der Waals surface area contributed by atoms with E-state index >= 15 is 0 Å². The maximum absolute atomic E-state index is 13.4. The summed E-state index contributed by atoms with van der Waals surface area (Å²) < 4.78 is 23.9. The molecule has 0 radical (unpaired) electrons. The van der Waals surface area contributed by atoms with E-state index in [-0.39, 0.29) is 5.75 Å². The van der Waals surface area contributed by atoms with Gasteiger partial charge in [-0.2, -0.15) is 0 Å². The Balaban J connectivity index is 2.14. The highest BCUT2D eigenvalue weighted by Crippen LogP contribution is 2.31. The minimum absolute atomic E-state index is 0.127. The number of hydrogen-bond acceptors (Lipinski definition) is 4. The average molecular weight is 293 g/mol. The Morgan fingerprint density at radius 3 is 2.85 bits per heavy atom. The number of ether oxygens (including phenoxy) is 1. The van der Waals surface area contributed by atoms with Crippen molar-refractivity contribution in [2.75, 3.05) is 12.8 Å². The third-order valence-electron chi connectivity index (χ3n) is 2.90. The summed E-state index contributed by atoms with van der Waals surface area (Å²) in [6.45, 7) is 0. The summed E-state index contributed by atoms with van der Waals surface area (Å²) in [5.41, 5.74) is 7.84. The van der Waals surface area contributed by atoms with E-state index in [0.717, 1.165) is 0 Å². The van der Waals surface area contributed by atoms with Crippen molar-refractivity contribution in [3.8, 4) is 17.2 Å². The van der Waals surface area contributed by atoms with Crippen LogP contribution in [0.4, 0.5) is 10.1 Å². The van der Waals surface area contributed by atoms with E-state index in [1.54, 1.807) is 18.2 Å². The summed E-state index contributed by atoms with van der Waals surface area (Å²) in [6.07, 6.45) is 0. The minimum atomic E-state index is -0.445. The van der Waals surface area contributed by atoms with Crippen LogP contribution in [0.1, 0.15) is 0 Å². The summed E-state index contributed by atoms with van der Waals surface area (Å²) in [5.74, 6) is 0.0296. The third-order valence-corrected chi connectivity index (χ3v) is 3.23. The molecule has 0 saturated carbocycles. The molecular formula is C14H10ClFN2O2. The number of anilines is 1. The molecule has 2 aromatic carbocycles. The van der Waals surface area contributed by atoms with Crippen molar-refractivity contribution in [3.63, 3.8) is 0 Å². The van der Waals surface area contributed by atoms with Gasteiger partial charge >= 0.3 is 0 Å². The second-order valence-corrected chi connectivity index (χ2v) is 4.62. The van der Waals surface area contributed by atoms with E-state index in [1.165, 1.54) is 19.2 Å². The molecule has 3 aromatic rings. The van der Waals surface area contributed by atoms with Crippen LogP contribution in [0.5, 0.6) is 5.75 Å². The van der Waals surface area contributed by atoms with Crippen molar-refractivity contribution >= 4 is 28.4 Å². The van der Waals surface area contributed by atoms with Crippen molar-refractivity contribution in [1.82, 2.24) is 4.98 Å². The number of rotatable bonds is 2. The smallest absolute Gasteiger partial charge is 0.227 e. The highest BCUT2D eigenvalue weighted by atomic mass is 35.5. The maximum Gasteiger partial charge on any atom is 0.227 e. The number of nitrogen functional groups attached to an aromatic ring is 1. The standard InChI is InChI=1S/C14H10ClFN2O2/c1-19-12-4-7(2-3-9(12)16)14-18-11-5-8(15)10(17)6-13(11)20-14/h2-6H,17H2,1H3. The summed E-state index contributed by atoms with van der Waals surface area (Å²) in [5, 5.41) is 0.411. The molecule has 0 amide bonds. The number of aromatic nitrogens is 1. The van der Waals surface area contributed by atoms with Gasteiger partial charge in [-0.05, 0) is 24.3 Å². The molecule has 0 saturated heterocycles.